The van der Waals surface area contributed by atoms with E-state index in [2.05, 4.69) is 0 Å². The Morgan fingerprint density at radius 2 is 2.05 bits per heavy atom. The lowest BCUT2D eigenvalue weighted by molar-refractivity contribution is -0.549. The zero-order chi connectivity index (χ0) is 16.3. The van der Waals surface area contributed by atoms with Gasteiger partial charge in [-0.2, -0.15) is 0 Å². The number of rotatable bonds is 4. The summed E-state index contributed by atoms with van der Waals surface area (Å²) in [4.78, 5) is 23.0. The van der Waals surface area contributed by atoms with Gasteiger partial charge in [0, 0.05) is 10.8 Å². The zero-order valence-corrected chi connectivity index (χ0v) is 12.4. The second kappa shape index (κ2) is 6.85. The predicted octanol–water partition coefficient (Wildman–Crippen LogP) is 1.33. The van der Waals surface area contributed by atoms with E-state index < -0.39 is 41.2 Å². The Bertz CT molecular complexity index is 534. The second-order valence-electron chi connectivity index (χ2n) is 5.27. The molecule has 1 heterocycles. The maximum atomic E-state index is 12.0. The highest BCUT2D eigenvalue weighted by Gasteiger charge is 2.54. The Morgan fingerprint density at radius 1 is 1.41 bits per heavy atom. The van der Waals surface area contributed by atoms with Crippen molar-refractivity contribution in [2.75, 3.05) is 6.61 Å². The maximum Gasteiger partial charge on any atom is 0.342 e. The molecule has 1 aromatic rings. The van der Waals surface area contributed by atoms with Gasteiger partial charge in [-0.1, -0.05) is 37.3 Å². The standard InChI is InChI=1S/C15H19NO6/c1-3-21-15(18)13-12(16(19)20)11(9(2)14(17)22-13)10-7-5-4-6-8-10/h4-9,11-14,17H,3H2,1-2H3/t9-,11+,12+,13-,14?/m1/s1. The van der Waals surface area contributed by atoms with Crippen LogP contribution in [0.5, 0.6) is 0 Å². The van der Waals surface area contributed by atoms with Crippen LogP contribution in [-0.2, 0) is 14.3 Å². The van der Waals surface area contributed by atoms with Gasteiger partial charge < -0.3 is 14.6 Å². The number of aliphatic hydroxyl groups is 1. The van der Waals surface area contributed by atoms with E-state index >= 15 is 0 Å². The Kier molecular flexibility index (Phi) is 5.10. The van der Waals surface area contributed by atoms with Crippen molar-refractivity contribution in [2.45, 2.75) is 38.2 Å². The Balaban J connectivity index is 2.42. The number of nitro groups is 1. The summed E-state index contributed by atoms with van der Waals surface area (Å²) in [6.45, 7) is 3.36. The minimum Gasteiger partial charge on any atom is -0.464 e. The molecule has 1 N–H and O–H groups in total. The van der Waals surface area contributed by atoms with Crippen molar-refractivity contribution in [1.29, 1.82) is 0 Å². The lowest BCUT2D eigenvalue weighted by Crippen LogP contribution is -2.55. The zero-order valence-electron chi connectivity index (χ0n) is 12.4. The van der Waals surface area contributed by atoms with Crippen molar-refractivity contribution >= 4 is 5.97 Å². The first-order chi connectivity index (χ1) is 10.5. The largest absolute Gasteiger partial charge is 0.464 e. The van der Waals surface area contributed by atoms with Crippen LogP contribution in [0.25, 0.3) is 0 Å². The first kappa shape index (κ1) is 16.4. The fourth-order valence-corrected chi connectivity index (χ4v) is 2.87. The van der Waals surface area contributed by atoms with Gasteiger partial charge in [0.15, 0.2) is 6.29 Å². The quantitative estimate of drug-likeness (QED) is 0.512. The molecule has 7 nitrogen and oxygen atoms in total. The number of ether oxygens (including phenoxy) is 2. The Morgan fingerprint density at radius 3 is 2.59 bits per heavy atom. The number of nitrogens with zero attached hydrogens (tertiary/aromatic N) is 1. The molecule has 0 amide bonds. The summed E-state index contributed by atoms with van der Waals surface area (Å²) in [5.41, 5.74) is 0.688. The van der Waals surface area contributed by atoms with Gasteiger partial charge in [0.1, 0.15) is 0 Å². The lowest BCUT2D eigenvalue weighted by atomic mass is 9.77. The summed E-state index contributed by atoms with van der Waals surface area (Å²) in [5, 5.41) is 21.6. The van der Waals surface area contributed by atoms with Crippen LogP contribution in [0.4, 0.5) is 0 Å². The summed E-state index contributed by atoms with van der Waals surface area (Å²) in [6.07, 6.45) is -2.69. The number of aliphatic hydroxyl groups excluding tert-OH is 1. The second-order valence-corrected chi connectivity index (χ2v) is 5.27. The summed E-state index contributed by atoms with van der Waals surface area (Å²) in [5.74, 6) is -1.99. The van der Waals surface area contributed by atoms with Gasteiger partial charge in [0.05, 0.1) is 12.5 Å². The number of carbonyl (C=O) groups is 1. The number of benzene rings is 1. The molecule has 7 heteroatoms. The topological polar surface area (TPSA) is 98.9 Å². The molecule has 0 aromatic heterocycles. The lowest BCUT2D eigenvalue weighted by Gasteiger charge is -2.38. The van der Waals surface area contributed by atoms with Crippen LogP contribution in [0.2, 0.25) is 0 Å². The van der Waals surface area contributed by atoms with Gasteiger partial charge in [0.2, 0.25) is 6.10 Å². The molecule has 22 heavy (non-hydrogen) atoms. The van der Waals surface area contributed by atoms with Gasteiger partial charge in [-0.25, -0.2) is 4.79 Å². The molecule has 0 aliphatic carbocycles. The number of hydrogen-bond acceptors (Lipinski definition) is 6. The molecule has 1 aliphatic heterocycles. The third-order valence-electron chi connectivity index (χ3n) is 3.93. The van der Waals surface area contributed by atoms with E-state index in [-0.39, 0.29) is 6.61 Å². The summed E-state index contributed by atoms with van der Waals surface area (Å²) < 4.78 is 10.0. The average molecular weight is 309 g/mol. The minimum absolute atomic E-state index is 0.0881. The third kappa shape index (κ3) is 3.10. The molecule has 1 fully saturated rings. The summed E-state index contributed by atoms with van der Waals surface area (Å²) in [7, 11) is 0. The summed E-state index contributed by atoms with van der Waals surface area (Å²) in [6, 6.07) is 7.52. The van der Waals surface area contributed by atoms with E-state index in [1.165, 1.54) is 0 Å². The molecule has 1 aliphatic rings. The SMILES string of the molecule is CCOC(=O)[C@@H]1OC(O)[C@H](C)[C@@H](c2ccccc2)[C@@H]1[N+](=O)[O-]. The third-order valence-corrected chi connectivity index (χ3v) is 3.93. The van der Waals surface area contributed by atoms with E-state index in [1.54, 1.807) is 44.2 Å². The molecule has 1 unspecified atom stereocenters. The smallest absolute Gasteiger partial charge is 0.342 e. The Hall–Kier alpha value is -1.99. The van der Waals surface area contributed by atoms with Crippen molar-refractivity contribution in [1.82, 2.24) is 0 Å². The first-order valence-corrected chi connectivity index (χ1v) is 7.16. The van der Waals surface area contributed by atoms with Gasteiger partial charge >= 0.3 is 5.97 Å². The van der Waals surface area contributed by atoms with Crippen LogP contribution >= 0.6 is 0 Å². The van der Waals surface area contributed by atoms with Gasteiger partial charge in [-0.15, -0.1) is 0 Å². The van der Waals surface area contributed by atoms with E-state index in [4.69, 9.17) is 9.47 Å². The van der Waals surface area contributed by atoms with Gasteiger partial charge in [-0.3, -0.25) is 10.1 Å². The molecule has 120 valence electrons. The molecular weight excluding hydrogens is 290 g/mol. The molecule has 1 saturated heterocycles. The fraction of sp³-hybridized carbons (Fsp3) is 0.533. The van der Waals surface area contributed by atoms with Crippen molar-refractivity contribution in [3.63, 3.8) is 0 Å². The van der Waals surface area contributed by atoms with Crippen molar-refractivity contribution < 1.29 is 24.3 Å². The highest BCUT2D eigenvalue weighted by Crippen LogP contribution is 2.39. The molecule has 0 radical (unpaired) electrons. The molecule has 5 atom stereocenters. The van der Waals surface area contributed by atoms with E-state index in [0.29, 0.717) is 5.56 Å². The van der Waals surface area contributed by atoms with Crippen LogP contribution in [0.15, 0.2) is 30.3 Å². The average Bonchev–Trinajstić information content (AvgIpc) is 2.50. The van der Waals surface area contributed by atoms with E-state index in [9.17, 15) is 20.0 Å². The van der Waals surface area contributed by atoms with Gasteiger partial charge in [-0.05, 0) is 12.5 Å². The van der Waals surface area contributed by atoms with Crippen LogP contribution in [0, 0.1) is 16.0 Å². The fourth-order valence-electron chi connectivity index (χ4n) is 2.87. The van der Waals surface area contributed by atoms with Gasteiger partial charge in [0.25, 0.3) is 6.04 Å². The van der Waals surface area contributed by atoms with Crippen LogP contribution in [0.1, 0.15) is 25.3 Å². The molecule has 1 aromatic carbocycles. The van der Waals surface area contributed by atoms with Crippen LogP contribution in [-0.4, -0.2) is 41.0 Å². The van der Waals surface area contributed by atoms with Crippen molar-refractivity contribution in [3.05, 3.63) is 46.0 Å². The number of esters is 1. The molecule has 0 saturated carbocycles. The predicted molar refractivity (Wildman–Crippen MR) is 76.6 cm³/mol. The number of carbonyl (C=O) groups excluding carboxylic acids is 1. The highest BCUT2D eigenvalue weighted by molar-refractivity contribution is 5.76. The first-order valence-electron chi connectivity index (χ1n) is 7.16. The van der Waals surface area contributed by atoms with E-state index in [0.717, 1.165) is 0 Å². The molecule has 2 rings (SSSR count). The monoisotopic (exact) mass is 309 g/mol. The van der Waals surface area contributed by atoms with Crippen LogP contribution < -0.4 is 0 Å². The van der Waals surface area contributed by atoms with Crippen molar-refractivity contribution in [2.24, 2.45) is 5.92 Å². The molecule has 0 bridgehead atoms. The van der Waals surface area contributed by atoms with E-state index in [1.807, 2.05) is 0 Å². The molecule has 0 spiro atoms. The maximum absolute atomic E-state index is 12.0. The summed E-state index contributed by atoms with van der Waals surface area (Å²) >= 11 is 0. The van der Waals surface area contributed by atoms with Crippen LogP contribution in [0.3, 0.4) is 0 Å². The molecular formula is C15H19NO6. The minimum atomic E-state index is -1.42. The highest BCUT2D eigenvalue weighted by atomic mass is 16.7. The normalized spacial score (nSPS) is 31.5. The number of hydrogen-bond donors (Lipinski definition) is 1. The Labute approximate surface area is 128 Å². The van der Waals surface area contributed by atoms with Crippen molar-refractivity contribution in [3.8, 4) is 0 Å².